The normalized spacial score (nSPS) is 10.2. The number of aromatic nitrogens is 2. The number of carbonyl (C=O) groups excluding carboxylic acids is 1. The number of anilines is 1. The Hall–Kier alpha value is -3.23. The van der Waals surface area contributed by atoms with E-state index in [4.69, 9.17) is 20.3 Å². The Bertz CT molecular complexity index is 987. The maximum Gasteiger partial charge on any atom is 0.324 e. The summed E-state index contributed by atoms with van der Waals surface area (Å²) < 4.78 is 12.6. The summed E-state index contributed by atoms with van der Waals surface area (Å²) in [5, 5.41) is 4.69. The summed E-state index contributed by atoms with van der Waals surface area (Å²) in [6.07, 6.45) is 0. The second-order valence-corrected chi connectivity index (χ2v) is 6.90. The number of methoxy groups -OCH3 is 1. The van der Waals surface area contributed by atoms with E-state index < -0.39 is 0 Å². The van der Waals surface area contributed by atoms with E-state index in [2.05, 4.69) is 0 Å². The number of nitrogens with zero attached hydrogens (tertiary/aromatic N) is 4. The largest absolute Gasteiger partial charge is 0.497 e. The first-order chi connectivity index (χ1) is 14.4. The first-order valence-electron chi connectivity index (χ1n) is 9.57. The number of rotatable bonds is 7. The molecular formula is C22H28ClN5O3. The van der Waals surface area contributed by atoms with Crippen LogP contribution < -0.4 is 20.1 Å². The molecule has 1 aromatic heterocycles. The first kappa shape index (κ1) is 24.0. The highest BCUT2D eigenvalue weighted by Gasteiger charge is 2.19. The zero-order valence-electron chi connectivity index (χ0n) is 18.1. The van der Waals surface area contributed by atoms with Crippen LogP contribution in [0.4, 0.5) is 10.6 Å². The van der Waals surface area contributed by atoms with Gasteiger partial charge in [-0.15, -0.1) is 17.5 Å². The van der Waals surface area contributed by atoms with Crippen LogP contribution in [0.15, 0.2) is 54.6 Å². The Morgan fingerprint density at radius 1 is 1.03 bits per heavy atom. The van der Waals surface area contributed by atoms with Crippen LogP contribution >= 0.6 is 12.4 Å². The lowest BCUT2D eigenvalue weighted by molar-refractivity contribution is 0.225. The zero-order chi connectivity index (χ0) is 21.7. The average molecular weight is 446 g/mol. The smallest absolute Gasteiger partial charge is 0.324 e. The maximum atomic E-state index is 12.4. The van der Waals surface area contributed by atoms with Gasteiger partial charge in [0.25, 0.3) is 0 Å². The van der Waals surface area contributed by atoms with E-state index in [-0.39, 0.29) is 18.4 Å². The number of carbonyl (C=O) groups is 1. The van der Waals surface area contributed by atoms with Crippen molar-refractivity contribution in [1.82, 2.24) is 14.7 Å². The lowest BCUT2D eigenvalue weighted by Crippen LogP contribution is -2.36. The van der Waals surface area contributed by atoms with E-state index in [1.165, 1.54) is 9.80 Å². The molecule has 8 nitrogen and oxygen atoms in total. The highest BCUT2D eigenvalue weighted by molar-refractivity contribution is 5.90. The predicted molar refractivity (Wildman–Crippen MR) is 125 cm³/mol. The summed E-state index contributed by atoms with van der Waals surface area (Å²) in [5.41, 5.74) is 8.14. The summed E-state index contributed by atoms with van der Waals surface area (Å²) in [7, 11) is 6.75. The molecule has 166 valence electrons. The zero-order valence-corrected chi connectivity index (χ0v) is 18.9. The molecule has 0 bridgehead atoms. The van der Waals surface area contributed by atoms with Gasteiger partial charge in [0, 0.05) is 39.3 Å². The van der Waals surface area contributed by atoms with Crippen molar-refractivity contribution in [3.63, 3.8) is 0 Å². The van der Waals surface area contributed by atoms with Gasteiger partial charge >= 0.3 is 6.03 Å². The fraction of sp³-hybridized carbons (Fsp3) is 0.273. The third-order valence-corrected chi connectivity index (χ3v) is 4.56. The van der Waals surface area contributed by atoms with Crippen LogP contribution in [-0.4, -0.2) is 62.1 Å². The number of hydrogen-bond donors (Lipinski definition) is 1. The Morgan fingerprint density at radius 2 is 1.65 bits per heavy atom. The Labute approximate surface area is 188 Å². The van der Waals surface area contributed by atoms with Crippen molar-refractivity contribution >= 4 is 24.3 Å². The number of halogens is 1. The molecule has 0 saturated carbocycles. The molecule has 31 heavy (non-hydrogen) atoms. The lowest BCUT2D eigenvalue weighted by Gasteiger charge is -2.19. The molecule has 1 heterocycles. The molecule has 2 N–H and O–H groups in total. The van der Waals surface area contributed by atoms with Gasteiger partial charge in [-0.3, -0.25) is 4.90 Å². The highest BCUT2D eigenvalue weighted by atomic mass is 35.5. The standard InChI is InChI=1S/C22H27N5O3.ClH/c1-25(2)22(28)26(3)21-15-20(16-5-9-19(10-6-16)30-14-13-23)27(24-21)17-7-11-18(29-4)12-8-17;/h5-12,15H,13-14,23H2,1-4H3;1H. The van der Waals surface area contributed by atoms with Gasteiger partial charge in [0.15, 0.2) is 5.82 Å². The highest BCUT2D eigenvalue weighted by Crippen LogP contribution is 2.29. The van der Waals surface area contributed by atoms with E-state index in [1.807, 2.05) is 59.3 Å². The number of ether oxygens (including phenoxy) is 2. The molecule has 9 heteroatoms. The minimum atomic E-state index is -0.161. The molecule has 0 unspecified atom stereocenters. The molecule has 0 saturated heterocycles. The summed E-state index contributed by atoms with van der Waals surface area (Å²) in [4.78, 5) is 15.5. The maximum absolute atomic E-state index is 12.4. The minimum Gasteiger partial charge on any atom is -0.497 e. The van der Waals surface area contributed by atoms with Crippen molar-refractivity contribution in [3.05, 3.63) is 54.6 Å². The summed E-state index contributed by atoms with van der Waals surface area (Å²) in [6.45, 7) is 0.923. The SMILES string of the molecule is COc1ccc(-n2nc(N(C)C(=O)N(C)C)cc2-c2ccc(OCCN)cc2)cc1.Cl. The summed E-state index contributed by atoms with van der Waals surface area (Å²) in [5.74, 6) is 2.05. The van der Waals surface area contributed by atoms with Crippen molar-refractivity contribution in [2.24, 2.45) is 5.73 Å². The Balaban J connectivity index is 0.00000341. The van der Waals surface area contributed by atoms with Gasteiger partial charge in [-0.1, -0.05) is 0 Å². The molecule has 2 aromatic carbocycles. The topological polar surface area (TPSA) is 85.8 Å². The molecule has 0 aliphatic rings. The molecule has 0 aliphatic carbocycles. The van der Waals surface area contributed by atoms with Crippen LogP contribution in [0, 0.1) is 0 Å². The van der Waals surface area contributed by atoms with Crippen molar-refractivity contribution in [3.8, 4) is 28.4 Å². The minimum absolute atomic E-state index is 0. The van der Waals surface area contributed by atoms with Gasteiger partial charge in [-0.05, 0) is 48.5 Å². The second kappa shape index (κ2) is 10.7. The monoisotopic (exact) mass is 445 g/mol. The number of benzene rings is 2. The quantitative estimate of drug-likeness (QED) is 0.602. The Kier molecular flexibility index (Phi) is 8.30. The molecule has 2 amide bonds. The molecule has 0 fully saturated rings. The van der Waals surface area contributed by atoms with Gasteiger partial charge in [-0.2, -0.15) is 0 Å². The second-order valence-electron chi connectivity index (χ2n) is 6.90. The number of amides is 2. The van der Waals surface area contributed by atoms with E-state index in [0.29, 0.717) is 19.0 Å². The number of urea groups is 1. The molecule has 0 spiro atoms. The van der Waals surface area contributed by atoms with Crippen molar-refractivity contribution in [2.75, 3.05) is 46.3 Å². The molecular weight excluding hydrogens is 418 g/mol. The summed E-state index contributed by atoms with van der Waals surface area (Å²) >= 11 is 0. The van der Waals surface area contributed by atoms with Gasteiger partial charge in [-0.25, -0.2) is 9.48 Å². The predicted octanol–water partition coefficient (Wildman–Crippen LogP) is 3.43. The van der Waals surface area contributed by atoms with Gasteiger partial charge in [0.05, 0.1) is 18.5 Å². The van der Waals surface area contributed by atoms with E-state index in [1.54, 1.807) is 28.3 Å². The van der Waals surface area contributed by atoms with Gasteiger partial charge in [0.2, 0.25) is 0 Å². The van der Waals surface area contributed by atoms with Crippen LogP contribution in [-0.2, 0) is 0 Å². The third kappa shape index (κ3) is 5.48. The molecule has 0 aliphatic heterocycles. The lowest BCUT2D eigenvalue weighted by atomic mass is 10.1. The van der Waals surface area contributed by atoms with E-state index in [0.717, 1.165) is 28.4 Å². The molecule has 0 atom stereocenters. The molecule has 3 aromatic rings. The summed E-state index contributed by atoms with van der Waals surface area (Å²) in [6, 6.07) is 17.0. The van der Waals surface area contributed by atoms with Crippen molar-refractivity contribution < 1.29 is 14.3 Å². The van der Waals surface area contributed by atoms with E-state index >= 15 is 0 Å². The van der Waals surface area contributed by atoms with Crippen molar-refractivity contribution in [2.45, 2.75) is 0 Å². The van der Waals surface area contributed by atoms with Crippen LogP contribution in [0.3, 0.4) is 0 Å². The first-order valence-corrected chi connectivity index (χ1v) is 9.57. The Morgan fingerprint density at radius 3 is 2.19 bits per heavy atom. The van der Waals surface area contributed by atoms with Gasteiger partial charge < -0.3 is 20.1 Å². The van der Waals surface area contributed by atoms with Crippen LogP contribution in [0.25, 0.3) is 16.9 Å². The van der Waals surface area contributed by atoms with Crippen LogP contribution in [0.1, 0.15) is 0 Å². The fourth-order valence-corrected chi connectivity index (χ4v) is 2.96. The third-order valence-electron chi connectivity index (χ3n) is 4.56. The molecule has 3 rings (SSSR count). The van der Waals surface area contributed by atoms with Crippen LogP contribution in [0.2, 0.25) is 0 Å². The number of hydrogen-bond acceptors (Lipinski definition) is 5. The average Bonchev–Trinajstić information content (AvgIpc) is 3.22. The fourth-order valence-electron chi connectivity index (χ4n) is 2.96. The number of nitrogens with two attached hydrogens (primary N) is 1. The van der Waals surface area contributed by atoms with Crippen molar-refractivity contribution in [1.29, 1.82) is 0 Å². The van der Waals surface area contributed by atoms with Gasteiger partial charge in [0.1, 0.15) is 18.1 Å². The van der Waals surface area contributed by atoms with Crippen LogP contribution in [0.5, 0.6) is 11.5 Å². The molecule has 0 radical (unpaired) electrons. The van der Waals surface area contributed by atoms with E-state index in [9.17, 15) is 4.79 Å².